The summed E-state index contributed by atoms with van der Waals surface area (Å²) < 4.78 is 12.8. The van der Waals surface area contributed by atoms with E-state index in [2.05, 4.69) is 17.1 Å². The Kier molecular flexibility index (Phi) is 5.09. The minimum atomic E-state index is -0.309. The first kappa shape index (κ1) is 14.9. The van der Waals surface area contributed by atoms with Crippen molar-refractivity contribution in [2.24, 2.45) is 11.7 Å². The van der Waals surface area contributed by atoms with Crippen LogP contribution in [-0.4, -0.2) is 36.5 Å². The Morgan fingerprint density at radius 1 is 1.45 bits per heavy atom. The number of rotatable bonds is 4. The Hall–Kier alpha value is -1.46. The van der Waals surface area contributed by atoms with E-state index in [0.717, 1.165) is 19.4 Å². The second-order valence-electron chi connectivity index (χ2n) is 5.45. The minimum absolute atomic E-state index is 0.0795. The van der Waals surface area contributed by atoms with Crippen molar-refractivity contribution in [3.63, 3.8) is 0 Å². The van der Waals surface area contributed by atoms with E-state index in [4.69, 9.17) is 5.73 Å². The van der Waals surface area contributed by atoms with Gasteiger partial charge in [-0.15, -0.1) is 0 Å². The van der Waals surface area contributed by atoms with E-state index in [0.29, 0.717) is 24.7 Å². The fourth-order valence-electron chi connectivity index (χ4n) is 2.83. The van der Waals surface area contributed by atoms with Crippen LogP contribution in [0.2, 0.25) is 0 Å². The Labute approximate surface area is 119 Å². The van der Waals surface area contributed by atoms with Gasteiger partial charge in [-0.1, -0.05) is 6.92 Å². The van der Waals surface area contributed by atoms with Crippen LogP contribution in [0, 0.1) is 11.7 Å². The van der Waals surface area contributed by atoms with Crippen LogP contribution in [0.4, 0.5) is 10.1 Å². The number of benzene rings is 1. The topological polar surface area (TPSA) is 58.4 Å². The Bertz CT molecular complexity index is 449. The molecule has 0 saturated carbocycles. The van der Waals surface area contributed by atoms with Crippen LogP contribution in [-0.2, 0) is 4.79 Å². The van der Waals surface area contributed by atoms with Crippen molar-refractivity contribution >= 4 is 11.6 Å². The van der Waals surface area contributed by atoms with Gasteiger partial charge in [-0.3, -0.25) is 9.69 Å². The quantitative estimate of drug-likeness (QED) is 0.884. The molecule has 2 unspecified atom stereocenters. The number of anilines is 1. The largest absolute Gasteiger partial charge is 0.329 e. The summed E-state index contributed by atoms with van der Waals surface area (Å²) >= 11 is 0. The van der Waals surface area contributed by atoms with Gasteiger partial charge in [0.2, 0.25) is 5.91 Å². The van der Waals surface area contributed by atoms with E-state index in [1.165, 1.54) is 12.1 Å². The van der Waals surface area contributed by atoms with Gasteiger partial charge in [0.25, 0.3) is 0 Å². The first-order valence-electron chi connectivity index (χ1n) is 7.09. The molecule has 1 saturated heterocycles. The predicted molar refractivity (Wildman–Crippen MR) is 77.8 cm³/mol. The maximum Gasteiger partial charge on any atom is 0.238 e. The molecule has 0 aliphatic carbocycles. The van der Waals surface area contributed by atoms with Crippen LogP contribution < -0.4 is 11.1 Å². The van der Waals surface area contributed by atoms with Crippen molar-refractivity contribution < 1.29 is 9.18 Å². The molecule has 0 aromatic heterocycles. The van der Waals surface area contributed by atoms with Crippen LogP contribution >= 0.6 is 0 Å². The summed E-state index contributed by atoms with van der Waals surface area (Å²) in [4.78, 5) is 14.2. The van der Waals surface area contributed by atoms with Crippen LogP contribution in [0.1, 0.15) is 19.8 Å². The van der Waals surface area contributed by atoms with Gasteiger partial charge in [0.15, 0.2) is 0 Å². The Morgan fingerprint density at radius 2 is 2.15 bits per heavy atom. The number of hydrogen-bond acceptors (Lipinski definition) is 3. The van der Waals surface area contributed by atoms with Crippen LogP contribution in [0.5, 0.6) is 0 Å². The number of likely N-dealkylation sites (tertiary alicyclic amines) is 1. The molecule has 0 radical (unpaired) electrons. The summed E-state index contributed by atoms with van der Waals surface area (Å²) in [6.07, 6.45) is 2.26. The highest BCUT2D eigenvalue weighted by atomic mass is 19.1. The van der Waals surface area contributed by atoms with E-state index in [-0.39, 0.29) is 17.8 Å². The SMILES string of the molecule is CC1CCCN(CC(=O)Nc2ccc(F)cc2)C1CN. The van der Waals surface area contributed by atoms with Gasteiger partial charge in [0, 0.05) is 18.3 Å². The Balaban J connectivity index is 1.91. The summed E-state index contributed by atoms with van der Waals surface area (Å²) in [5.41, 5.74) is 6.43. The lowest BCUT2D eigenvalue weighted by Gasteiger charge is -2.38. The molecule has 3 N–H and O–H groups in total. The zero-order chi connectivity index (χ0) is 14.5. The normalized spacial score (nSPS) is 23.6. The van der Waals surface area contributed by atoms with E-state index in [1.54, 1.807) is 12.1 Å². The fraction of sp³-hybridized carbons (Fsp3) is 0.533. The van der Waals surface area contributed by atoms with Crippen molar-refractivity contribution in [1.29, 1.82) is 0 Å². The van der Waals surface area contributed by atoms with E-state index in [9.17, 15) is 9.18 Å². The summed E-state index contributed by atoms with van der Waals surface area (Å²) in [6, 6.07) is 6.06. The second kappa shape index (κ2) is 6.81. The third kappa shape index (κ3) is 3.77. The summed E-state index contributed by atoms with van der Waals surface area (Å²) in [7, 11) is 0. The molecule has 1 heterocycles. The molecular formula is C15H22FN3O. The number of amides is 1. The molecule has 20 heavy (non-hydrogen) atoms. The fourth-order valence-corrected chi connectivity index (χ4v) is 2.83. The maximum atomic E-state index is 12.8. The smallest absolute Gasteiger partial charge is 0.238 e. The minimum Gasteiger partial charge on any atom is -0.329 e. The van der Waals surface area contributed by atoms with Crippen LogP contribution in [0.3, 0.4) is 0 Å². The number of nitrogens with one attached hydrogen (secondary N) is 1. The number of halogens is 1. The van der Waals surface area contributed by atoms with Gasteiger partial charge < -0.3 is 11.1 Å². The van der Waals surface area contributed by atoms with Gasteiger partial charge in [-0.05, 0) is 49.6 Å². The first-order valence-corrected chi connectivity index (χ1v) is 7.09. The molecule has 1 aliphatic heterocycles. The average molecular weight is 279 g/mol. The number of piperidine rings is 1. The van der Waals surface area contributed by atoms with Gasteiger partial charge in [0.05, 0.1) is 6.54 Å². The predicted octanol–water partition coefficient (Wildman–Crippen LogP) is 1.82. The monoisotopic (exact) mass is 279 g/mol. The lowest BCUT2D eigenvalue weighted by Crippen LogP contribution is -2.51. The van der Waals surface area contributed by atoms with Gasteiger partial charge in [-0.2, -0.15) is 0 Å². The maximum absolute atomic E-state index is 12.8. The second-order valence-corrected chi connectivity index (χ2v) is 5.45. The molecule has 1 aliphatic rings. The summed E-state index contributed by atoms with van der Waals surface area (Å²) in [6.45, 7) is 4.00. The molecule has 1 aromatic rings. The molecule has 2 rings (SSSR count). The molecule has 0 bridgehead atoms. The third-order valence-corrected chi connectivity index (χ3v) is 3.95. The third-order valence-electron chi connectivity index (χ3n) is 3.95. The van der Waals surface area contributed by atoms with Crippen molar-refractivity contribution in [1.82, 2.24) is 4.90 Å². The first-order chi connectivity index (χ1) is 9.60. The zero-order valence-corrected chi connectivity index (χ0v) is 11.8. The van der Waals surface area contributed by atoms with Gasteiger partial charge >= 0.3 is 0 Å². The molecule has 110 valence electrons. The lowest BCUT2D eigenvalue weighted by molar-refractivity contribution is -0.118. The van der Waals surface area contributed by atoms with E-state index in [1.807, 2.05) is 0 Å². The van der Waals surface area contributed by atoms with Crippen LogP contribution in [0.25, 0.3) is 0 Å². The average Bonchev–Trinajstić information content (AvgIpc) is 2.42. The number of hydrogen-bond donors (Lipinski definition) is 2. The van der Waals surface area contributed by atoms with Crippen molar-refractivity contribution in [2.45, 2.75) is 25.8 Å². The van der Waals surface area contributed by atoms with Crippen LogP contribution in [0.15, 0.2) is 24.3 Å². The molecule has 5 heteroatoms. The standard InChI is InChI=1S/C15H22FN3O/c1-11-3-2-8-19(14(11)9-17)10-15(20)18-13-6-4-12(16)5-7-13/h4-7,11,14H,2-3,8-10,17H2,1H3,(H,18,20). The molecule has 1 amide bonds. The zero-order valence-electron chi connectivity index (χ0n) is 11.8. The van der Waals surface area contributed by atoms with Crippen molar-refractivity contribution in [3.8, 4) is 0 Å². The summed E-state index contributed by atoms with van der Waals surface area (Å²) in [5.74, 6) is 0.132. The molecule has 2 atom stereocenters. The van der Waals surface area contributed by atoms with Crippen molar-refractivity contribution in [2.75, 3.05) is 25.0 Å². The number of carbonyl (C=O) groups excluding carboxylic acids is 1. The number of nitrogens with two attached hydrogens (primary N) is 1. The molecule has 1 aromatic carbocycles. The molecule has 4 nitrogen and oxygen atoms in total. The van der Waals surface area contributed by atoms with Gasteiger partial charge in [0.1, 0.15) is 5.82 Å². The lowest BCUT2D eigenvalue weighted by atomic mass is 9.91. The highest BCUT2D eigenvalue weighted by Gasteiger charge is 2.28. The number of nitrogens with zero attached hydrogens (tertiary/aromatic N) is 1. The Morgan fingerprint density at radius 3 is 2.80 bits per heavy atom. The van der Waals surface area contributed by atoms with E-state index < -0.39 is 0 Å². The van der Waals surface area contributed by atoms with Gasteiger partial charge in [-0.25, -0.2) is 4.39 Å². The molecular weight excluding hydrogens is 257 g/mol. The molecule has 0 spiro atoms. The highest BCUT2D eigenvalue weighted by molar-refractivity contribution is 5.92. The molecule has 1 fully saturated rings. The summed E-state index contributed by atoms with van der Waals surface area (Å²) in [5, 5.41) is 2.79. The van der Waals surface area contributed by atoms with Crippen molar-refractivity contribution in [3.05, 3.63) is 30.1 Å². The number of carbonyl (C=O) groups is 1. The highest BCUT2D eigenvalue weighted by Crippen LogP contribution is 2.22. The van der Waals surface area contributed by atoms with E-state index >= 15 is 0 Å².